The van der Waals surface area contributed by atoms with Crippen LogP contribution >= 0.6 is 0 Å². The van der Waals surface area contributed by atoms with Crippen LogP contribution in [0.1, 0.15) is 45.8 Å². The molecule has 0 atom stereocenters. The maximum atomic E-state index is 14.1. The first-order valence-electron chi connectivity index (χ1n) is 15.9. The Balaban J connectivity index is 0.999. The van der Waals surface area contributed by atoms with E-state index in [2.05, 4.69) is 29.6 Å². The van der Waals surface area contributed by atoms with Crippen LogP contribution in [0.4, 0.5) is 4.79 Å². The summed E-state index contributed by atoms with van der Waals surface area (Å²) < 4.78 is 29.5. The number of alkyl carbamates (subject to hydrolysis) is 1. The minimum atomic E-state index is -0.489. The highest BCUT2D eigenvalue weighted by molar-refractivity contribution is 6.27. The van der Waals surface area contributed by atoms with Gasteiger partial charge in [0.1, 0.15) is 6.61 Å². The minimum Gasteiger partial charge on any atom is -0.493 e. The molecule has 0 unspecified atom stereocenters. The van der Waals surface area contributed by atoms with Crippen molar-refractivity contribution in [3.05, 3.63) is 105 Å². The fraction of sp³-hybridized carbons (Fsp3) is 0.237. The third kappa shape index (κ3) is 4.66. The van der Waals surface area contributed by atoms with Gasteiger partial charge in [-0.2, -0.15) is 0 Å². The summed E-state index contributed by atoms with van der Waals surface area (Å²) in [5.41, 5.74) is 6.40. The molecule has 1 amide bonds. The van der Waals surface area contributed by atoms with E-state index in [4.69, 9.17) is 23.7 Å². The van der Waals surface area contributed by atoms with E-state index in [0.29, 0.717) is 82.1 Å². The van der Waals surface area contributed by atoms with Crippen LogP contribution in [0, 0.1) is 0 Å². The summed E-state index contributed by atoms with van der Waals surface area (Å²) in [4.78, 5) is 40.7. The van der Waals surface area contributed by atoms with Gasteiger partial charge in [-0.15, -0.1) is 0 Å². The number of ether oxygens (including phenoxy) is 5. The van der Waals surface area contributed by atoms with Crippen LogP contribution in [0.15, 0.2) is 77.6 Å². The molecule has 0 bridgehead atoms. The van der Waals surface area contributed by atoms with Gasteiger partial charge in [0.15, 0.2) is 28.8 Å². The first-order chi connectivity index (χ1) is 23.5. The van der Waals surface area contributed by atoms with E-state index >= 15 is 0 Å². The van der Waals surface area contributed by atoms with Crippen molar-refractivity contribution in [1.82, 2.24) is 9.88 Å². The monoisotopic (exact) mass is 644 g/mol. The molecule has 5 aromatic rings. The molecule has 0 radical (unpaired) electrons. The maximum absolute atomic E-state index is 14.1. The summed E-state index contributed by atoms with van der Waals surface area (Å²) in [5, 5.41) is 3.69. The lowest BCUT2D eigenvalue weighted by Gasteiger charge is -2.17. The highest BCUT2D eigenvalue weighted by Gasteiger charge is 2.36. The van der Waals surface area contributed by atoms with E-state index in [9.17, 15) is 14.4 Å². The Morgan fingerprint density at radius 3 is 2.10 bits per heavy atom. The van der Waals surface area contributed by atoms with Crippen molar-refractivity contribution < 1.29 is 33.3 Å². The predicted molar refractivity (Wildman–Crippen MR) is 179 cm³/mol. The lowest BCUT2D eigenvalue weighted by atomic mass is 9.98. The molecule has 0 saturated carbocycles. The molecule has 0 spiro atoms. The molecule has 1 N–H and O–H groups in total. The first-order valence-corrected chi connectivity index (χ1v) is 15.9. The summed E-state index contributed by atoms with van der Waals surface area (Å²) in [5.74, 6) is 1.60. The molecule has 0 fully saturated rings. The van der Waals surface area contributed by atoms with Crippen LogP contribution in [0.5, 0.6) is 23.0 Å². The molecule has 2 heterocycles. The summed E-state index contributed by atoms with van der Waals surface area (Å²) >= 11 is 0. The van der Waals surface area contributed by atoms with Crippen molar-refractivity contribution in [2.45, 2.75) is 25.3 Å². The molecule has 8 rings (SSSR count). The van der Waals surface area contributed by atoms with Crippen LogP contribution in [0.3, 0.4) is 0 Å². The van der Waals surface area contributed by atoms with Gasteiger partial charge in [0.25, 0.3) is 5.56 Å². The fourth-order valence-electron chi connectivity index (χ4n) is 7.19. The summed E-state index contributed by atoms with van der Waals surface area (Å²) in [6.45, 7) is 0.982. The number of hydrogen-bond donors (Lipinski definition) is 1. The lowest BCUT2D eigenvalue weighted by molar-refractivity contribution is 0.104. The number of methoxy groups -OCH3 is 2. The van der Waals surface area contributed by atoms with Crippen LogP contribution in [0.25, 0.3) is 33.2 Å². The van der Waals surface area contributed by atoms with E-state index in [1.165, 1.54) is 25.3 Å². The molecule has 48 heavy (non-hydrogen) atoms. The summed E-state index contributed by atoms with van der Waals surface area (Å²) in [7, 11) is 3.01. The summed E-state index contributed by atoms with van der Waals surface area (Å²) in [6, 6.07) is 23.2. The van der Waals surface area contributed by atoms with Crippen molar-refractivity contribution >= 4 is 22.6 Å². The maximum Gasteiger partial charge on any atom is 0.407 e. The van der Waals surface area contributed by atoms with E-state index in [1.807, 2.05) is 24.3 Å². The van der Waals surface area contributed by atoms with E-state index in [1.54, 1.807) is 28.8 Å². The van der Waals surface area contributed by atoms with Crippen molar-refractivity contribution in [3.63, 3.8) is 0 Å². The Morgan fingerprint density at radius 2 is 1.44 bits per heavy atom. The molecule has 4 aromatic carbocycles. The van der Waals surface area contributed by atoms with Gasteiger partial charge in [0.2, 0.25) is 6.79 Å². The molecular weight excluding hydrogens is 612 g/mol. The standard InChI is InChI=1S/C38H32N2O8/c1-44-30-15-25-28(18-31(30)45-2)37(42)40(35-26-16-32-33(48-20-47-32)17-27(26)36(41)34(25)35)14-8-7-13-39-38(43)46-19-29-23-11-5-3-9-21(23)22-10-4-6-12-24(22)29/h3-6,9-12,15-18,29H,7-8,13-14,19-20H2,1-2H3,(H,39,43). The SMILES string of the molecule is COc1cc2c3c(n(CCCCNC(=O)OCC4c5ccccc5-c5ccccc54)c(=O)c2cc1OC)-c1cc2c(cc1C3=O)OCO2. The Kier molecular flexibility index (Phi) is 7.28. The molecular formula is C38H32N2O8. The zero-order valence-electron chi connectivity index (χ0n) is 26.5. The Labute approximate surface area is 275 Å². The molecule has 1 aliphatic heterocycles. The smallest absolute Gasteiger partial charge is 0.407 e. The van der Waals surface area contributed by atoms with Gasteiger partial charge in [-0.25, -0.2) is 4.79 Å². The number of hydrogen-bond acceptors (Lipinski definition) is 8. The van der Waals surface area contributed by atoms with Crippen LogP contribution in [-0.2, 0) is 11.3 Å². The Hall–Kier alpha value is -5.77. The van der Waals surface area contributed by atoms with Gasteiger partial charge in [0, 0.05) is 35.5 Å². The third-order valence-corrected chi connectivity index (χ3v) is 9.44. The van der Waals surface area contributed by atoms with Gasteiger partial charge in [-0.05, 0) is 59.4 Å². The quantitative estimate of drug-likeness (QED) is 0.183. The van der Waals surface area contributed by atoms with Gasteiger partial charge >= 0.3 is 6.09 Å². The Bertz CT molecular complexity index is 2160. The second-order valence-electron chi connectivity index (χ2n) is 12.0. The number of aromatic nitrogens is 1. The lowest BCUT2D eigenvalue weighted by Crippen LogP contribution is -2.28. The van der Waals surface area contributed by atoms with Crippen molar-refractivity contribution in [1.29, 1.82) is 0 Å². The van der Waals surface area contributed by atoms with Crippen molar-refractivity contribution in [2.75, 3.05) is 34.2 Å². The number of nitrogens with zero attached hydrogens (tertiary/aromatic N) is 1. The van der Waals surface area contributed by atoms with Crippen LogP contribution in [0.2, 0.25) is 0 Å². The number of rotatable bonds is 9. The highest BCUT2D eigenvalue weighted by atomic mass is 16.7. The molecule has 3 aliphatic rings. The third-order valence-electron chi connectivity index (χ3n) is 9.44. The number of fused-ring (bicyclic) bond motifs is 9. The number of nitrogens with one attached hydrogen (secondary N) is 1. The number of pyridine rings is 1. The van der Waals surface area contributed by atoms with Crippen molar-refractivity contribution in [3.8, 4) is 45.4 Å². The predicted octanol–water partition coefficient (Wildman–Crippen LogP) is 6.28. The van der Waals surface area contributed by atoms with E-state index < -0.39 is 6.09 Å². The van der Waals surface area contributed by atoms with E-state index in [-0.39, 0.29) is 30.7 Å². The number of carbonyl (C=O) groups is 2. The zero-order valence-corrected chi connectivity index (χ0v) is 26.5. The van der Waals surface area contributed by atoms with Gasteiger partial charge in [0.05, 0.1) is 30.9 Å². The number of unbranched alkanes of at least 4 members (excludes halogenated alkanes) is 1. The number of amides is 1. The van der Waals surface area contributed by atoms with Gasteiger partial charge in [-0.3, -0.25) is 9.59 Å². The number of carbonyl (C=O) groups excluding carboxylic acids is 2. The Morgan fingerprint density at radius 1 is 0.812 bits per heavy atom. The second kappa shape index (κ2) is 11.8. The van der Waals surface area contributed by atoms with Gasteiger partial charge < -0.3 is 33.6 Å². The summed E-state index contributed by atoms with van der Waals surface area (Å²) in [6.07, 6.45) is 0.650. The molecule has 0 saturated heterocycles. The molecule has 10 heteroatoms. The zero-order chi connectivity index (χ0) is 32.9. The van der Waals surface area contributed by atoms with E-state index in [0.717, 1.165) is 11.1 Å². The average Bonchev–Trinajstić information content (AvgIpc) is 3.79. The average molecular weight is 645 g/mol. The van der Waals surface area contributed by atoms with Gasteiger partial charge in [-0.1, -0.05) is 48.5 Å². The molecule has 242 valence electrons. The fourth-order valence-corrected chi connectivity index (χ4v) is 7.19. The normalized spacial score (nSPS) is 13.6. The molecule has 1 aromatic heterocycles. The molecule has 10 nitrogen and oxygen atoms in total. The second-order valence-corrected chi connectivity index (χ2v) is 12.0. The molecule has 2 aliphatic carbocycles. The first kappa shape index (κ1) is 29.6. The minimum absolute atomic E-state index is 0.0209. The van der Waals surface area contributed by atoms with Crippen LogP contribution < -0.4 is 29.8 Å². The van der Waals surface area contributed by atoms with Crippen molar-refractivity contribution in [2.24, 2.45) is 0 Å². The number of benzene rings is 4. The number of ketones is 1. The topological polar surface area (TPSA) is 114 Å². The van der Waals surface area contributed by atoms with Crippen LogP contribution in [-0.4, -0.2) is 50.6 Å². The largest absolute Gasteiger partial charge is 0.493 e. The highest BCUT2D eigenvalue weighted by Crippen LogP contribution is 2.47.